The summed E-state index contributed by atoms with van der Waals surface area (Å²) in [7, 11) is 0. The molecule has 12 heteroatoms. The Hall–Kier alpha value is -5.20. The summed E-state index contributed by atoms with van der Waals surface area (Å²) in [6.45, 7) is 5.08. The summed E-state index contributed by atoms with van der Waals surface area (Å²) < 4.78 is 14.6. The third kappa shape index (κ3) is 7.93. The second-order valence-electron chi connectivity index (χ2n) is 12.4. The Kier molecular flexibility index (Phi) is 10.6. The summed E-state index contributed by atoms with van der Waals surface area (Å²) in [6.07, 6.45) is 3.77. The van der Waals surface area contributed by atoms with Crippen LogP contribution >= 0.6 is 0 Å². The topological polar surface area (TPSA) is 165 Å². The Labute approximate surface area is 284 Å². The minimum atomic E-state index is -0.568. The second-order valence-corrected chi connectivity index (χ2v) is 12.4. The largest absolute Gasteiger partial charge is 0.492 e. The van der Waals surface area contributed by atoms with Crippen LogP contribution in [0.3, 0.4) is 0 Å². The molecule has 3 aromatic carbocycles. The molecule has 1 amide bonds. The van der Waals surface area contributed by atoms with Crippen molar-refractivity contribution < 1.29 is 19.1 Å². The Bertz CT molecular complexity index is 1950. The molecule has 0 spiro atoms. The van der Waals surface area contributed by atoms with Crippen molar-refractivity contribution >= 4 is 22.8 Å². The first-order valence-electron chi connectivity index (χ1n) is 16.8. The van der Waals surface area contributed by atoms with Crippen LogP contribution in [0.25, 0.3) is 11.0 Å². The molecule has 6 rings (SSSR count). The predicted molar refractivity (Wildman–Crippen MR) is 187 cm³/mol. The van der Waals surface area contributed by atoms with Gasteiger partial charge >= 0.3 is 5.76 Å². The van der Waals surface area contributed by atoms with E-state index in [0.717, 1.165) is 47.4 Å². The lowest BCUT2D eigenvalue weighted by Gasteiger charge is -2.32. The standard InChI is InChI=1S/C37H43N7O5/c1-2-48-22-6-19-43-31-15-14-28(24-30(31)40-33(43)16-11-25-9-12-27(13-10-25)34(38)39)35(45)41-42-20-17-29(18-21-42)44-36(46)32(49-37(44)47)23-26-7-4-3-5-8-26/h3-5,7-10,12-15,24,29,46H,2,6,11,16-23H2,1H3,(H3,38,39)(H,41,45). The van der Waals surface area contributed by atoms with E-state index in [9.17, 15) is 14.7 Å². The number of ether oxygens (including phenoxy) is 1. The van der Waals surface area contributed by atoms with Crippen LogP contribution in [0, 0.1) is 5.41 Å². The van der Waals surface area contributed by atoms with Gasteiger partial charge in [0.2, 0.25) is 5.88 Å². The SMILES string of the molecule is CCOCCCn1c(CCc2ccc(C(=N)N)cc2)nc2cc(C(=O)NN3CCC(n4c(O)c(Cc5ccccc5)oc4=O)CC3)ccc21. The van der Waals surface area contributed by atoms with Crippen LogP contribution < -0.4 is 16.9 Å². The number of hydrogen-bond acceptors (Lipinski definition) is 8. The highest BCUT2D eigenvalue weighted by molar-refractivity contribution is 5.97. The number of nitrogens with two attached hydrogens (primary N) is 1. The zero-order chi connectivity index (χ0) is 34.3. The number of nitrogens with zero attached hydrogens (tertiary/aromatic N) is 4. The Morgan fingerprint density at radius 3 is 2.49 bits per heavy atom. The van der Waals surface area contributed by atoms with Gasteiger partial charge in [0.1, 0.15) is 11.7 Å². The van der Waals surface area contributed by atoms with Gasteiger partial charge in [-0.05, 0) is 61.9 Å². The van der Waals surface area contributed by atoms with Gasteiger partial charge in [-0.1, -0.05) is 54.6 Å². The molecular formula is C37H43N7O5. The lowest BCUT2D eigenvalue weighted by atomic mass is 10.1. The van der Waals surface area contributed by atoms with Gasteiger partial charge in [-0.2, -0.15) is 0 Å². The number of imidazole rings is 1. The molecule has 256 valence electrons. The molecule has 1 aliphatic heterocycles. The molecule has 1 fully saturated rings. The fourth-order valence-electron chi connectivity index (χ4n) is 6.42. The van der Waals surface area contributed by atoms with Crippen molar-refractivity contribution in [2.75, 3.05) is 26.3 Å². The van der Waals surface area contributed by atoms with E-state index in [1.54, 1.807) is 0 Å². The van der Waals surface area contributed by atoms with Crippen molar-refractivity contribution in [3.8, 4) is 5.88 Å². The molecule has 5 N–H and O–H groups in total. The van der Waals surface area contributed by atoms with E-state index in [1.165, 1.54) is 4.57 Å². The lowest BCUT2D eigenvalue weighted by Crippen LogP contribution is -2.47. The molecule has 1 aliphatic rings. The number of carbonyl (C=O) groups excluding carboxylic acids is 1. The molecule has 0 saturated carbocycles. The highest BCUT2D eigenvalue weighted by Crippen LogP contribution is 2.29. The van der Waals surface area contributed by atoms with E-state index >= 15 is 0 Å². The van der Waals surface area contributed by atoms with Crippen molar-refractivity contribution in [1.29, 1.82) is 5.41 Å². The number of piperidine rings is 1. The van der Waals surface area contributed by atoms with Gasteiger partial charge < -0.3 is 24.6 Å². The summed E-state index contributed by atoms with van der Waals surface area (Å²) in [5.41, 5.74) is 13.6. The fourth-order valence-corrected chi connectivity index (χ4v) is 6.42. The Balaban J connectivity index is 1.10. The van der Waals surface area contributed by atoms with Gasteiger partial charge in [0, 0.05) is 62.9 Å². The van der Waals surface area contributed by atoms with Gasteiger partial charge in [-0.3, -0.25) is 15.6 Å². The third-order valence-electron chi connectivity index (χ3n) is 9.05. The molecule has 5 aromatic rings. The van der Waals surface area contributed by atoms with Crippen molar-refractivity contribution in [2.24, 2.45) is 5.73 Å². The number of fused-ring (bicyclic) bond motifs is 1. The smallest absolute Gasteiger partial charge is 0.422 e. The number of aromatic hydroxyl groups is 1. The van der Waals surface area contributed by atoms with E-state index in [-0.39, 0.29) is 29.4 Å². The number of aromatic nitrogens is 3. The average molecular weight is 666 g/mol. The number of carbonyl (C=O) groups is 1. The van der Waals surface area contributed by atoms with E-state index in [2.05, 4.69) is 9.99 Å². The highest BCUT2D eigenvalue weighted by Gasteiger charge is 2.28. The van der Waals surface area contributed by atoms with E-state index < -0.39 is 5.76 Å². The molecule has 0 unspecified atom stereocenters. The number of aryl methyl sites for hydroxylation is 3. The predicted octanol–water partition coefficient (Wildman–Crippen LogP) is 4.57. The van der Waals surface area contributed by atoms with Crippen LogP contribution in [-0.4, -0.2) is 62.3 Å². The number of rotatable bonds is 14. The number of amides is 1. The zero-order valence-electron chi connectivity index (χ0n) is 27.7. The Morgan fingerprint density at radius 2 is 1.78 bits per heavy atom. The Morgan fingerprint density at radius 1 is 1.04 bits per heavy atom. The van der Waals surface area contributed by atoms with Crippen molar-refractivity contribution in [2.45, 2.75) is 58.0 Å². The van der Waals surface area contributed by atoms with Gasteiger partial charge in [0.25, 0.3) is 5.91 Å². The van der Waals surface area contributed by atoms with Gasteiger partial charge in [-0.15, -0.1) is 0 Å². The van der Waals surface area contributed by atoms with Crippen molar-refractivity contribution in [3.63, 3.8) is 0 Å². The highest BCUT2D eigenvalue weighted by atomic mass is 16.5. The maximum Gasteiger partial charge on any atom is 0.422 e. The third-order valence-corrected chi connectivity index (χ3v) is 9.05. The normalized spacial score (nSPS) is 14.0. The minimum absolute atomic E-state index is 0.0478. The molecule has 49 heavy (non-hydrogen) atoms. The summed E-state index contributed by atoms with van der Waals surface area (Å²) in [4.78, 5) is 31.0. The van der Waals surface area contributed by atoms with Crippen LogP contribution in [0.5, 0.6) is 5.88 Å². The maximum atomic E-state index is 13.4. The first-order chi connectivity index (χ1) is 23.8. The zero-order valence-corrected chi connectivity index (χ0v) is 27.7. The van der Waals surface area contributed by atoms with Crippen LogP contribution in [-0.2, 0) is 30.5 Å². The monoisotopic (exact) mass is 665 g/mol. The number of nitrogens with one attached hydrogen (secondary N) is 2. The van der Waals surface area contributed by atoms with Gasteiger partial charge in [0.15, 0.2) is 5.76 Å². The number of oxazole rings is 1. The molecule has 1 saturated heterocycles. The molecule has 0 radical (unpaired) electrons. The second kappa shape index (κ2) is 15.3. The summed E-state index contributed by atoms with van der Waals surface area (Å²) >= 11 is 0. The van der Waals surface area contributed by atoms with Crippen LogP contribution in [0.15, 0.2) is 82.0 Å². The van der Waals surface area contributed by atoms with E-state index in [4.69, 9.17) is 25.3 Å². The number of hydrazine groups is 1. The molecular weight excluding hydrogens is 622 g/mol. The lowest BCUT2D eigenvalue weighted by molar-refractivity contribution is 0.0700. The molecule has 0 atom stereocenters. The number of nitrogen functional groups attached to an aromatic ring is 1. The van der Waals surface area contributed by atoms with E-state index in [0.29, 0.717) is 63.1 Å². The number of hydrogen-bond donors (Lipinski definition) is 4. The van der Waals surface area contributed by atoms with Crippen LogP contribution in [0.4, 0.5) is 0 Å². The first-order valence-corrected chi connectivity index (χ1v) is 16.8. The summed E-state index contributed by atoms with van der Waals surface area (Å²) in [5, 5.41) is 20.3. The molecule has 12 nitrogen and oxygen atoms in total. The average Bonchev–Trinajstić information content (AvgIpc) is 3.60. The minimum Gasteiger partial charge on any atom is -0.492 e. The molecule has 0 bridgehead atoms. The van der Waals surface area contributed by atoms with E-state index in [1.807, 2.05) is 84.7 Å². The fraction of sp³-hybridized carbons (Fsp3) is 0.351. The quantitative estimate of drug-likeness (QED) is 0.0762. The first kappa shape index (κ1) is 33.7. The maximum absolute atomic E-state index is 13.4. The van der Waals surface area contributed by atoms with Crippen molar-refractivity contribution in [3.05, 3.63) is 117 Å². The molecule has 2 aromatic heterocycles. The van der Waals surface area contributed by atoms with Gasteiger partial charge in [0.05, 0.1) is 11.0 Å². The van der Waals surface area contributed by atoms with Gasteiger partial charge in [-0.25, -0.2) is 19.4 Å². The molecule has 3 heterocycles. The number of amidine groups is 1. The van der Waals surface area contributed by atoms with Crippen molar-refractivity contribution in [1.82, 2.24) is 24.6 Å². The van der Waals surface area contributed by atoms with Crippen LogP contribution in [0.2, 0.25) is 0 Å². The number of benzene rings is 3. The summed E-state index contributed by atoms with van der Waals surface area (Å²) in [5.74, 6) is 0.310. The van der Waals surface area contributed by atoms with Crippen LogP contribution in [0.1, 0.15) is 70.9 Å². The molecule has 0 aliphatic carbocycles. The summed E-state index contributed by atoms with van der Waals surface area (Å²) in [6, 6.07) is 22.6.